The van der Waals surface area contributed by atoms with Crippen molar-refractivity contribution in [3.05, 3.63) is 29.3 Å². The molecule has 1 aromatic rings. The molecule has 0 atom stereocenters. The van der Waals surface area contributed by atoms with E-state index in [-0.39, 0.29) is 5.60 Å². The number of ether oxygens (including phenoxy) is 1. The molecule has 1 aromatic carbocycles. The minimum Gasteiger partial charge on any atom is -0.399 e. The molecular weight excluding hydrogens is 162 g/mol. The normalized spacial score (nSPS) is 11.7. The Bertz CT molecular complexity index is 305. The van der Waals surface area contributed by atoms with E-state index in [4.69, 9.17) is 10.5 Å². The number of hydrogen-bond acceptors (Lipinski definition) is 2. The fourth-order valence-electron chi connectivity index (χ4n) is 1.13. The molecule has 0 amide bonds. The second-order valence-electron chi connectivity index (χ2n) is 3.79. The van der Waals surface area contributed by atoms with Gasteiger partial charge in [-0.25, -0.2) is 0 Å². The first-order valence-electron chi connectivity index (χ1n) is 4.39. The highest BCUT2D eigenvalue weighted by Gasteiger charge is 2.19. The smallest absolute Gasteiger partial charge is 0.0872 e. The number of rotatable bonds is 2. The Morgan fingerprint density at radius 1 is 1.31 bits per heavy atom. The predicted molar refractivity (Wildman–Crippen MR) is 55.6 cm³/mol. The van der Waals surface area contributed by atoms with Crippen molar-refractivity contribution in [2.75, 3.05) is 12.8 Å². The number of methoxy groups -OCH3 is 1. The highest BCUT2D eigenvalue weighted by molar-refractivity contribution is 5.49. The number of benzene rings is 1. The van der Waals surface area contributed by atoms with Crippen molar-refractivity contribution in [2.24, 2.45) is 0 Å². The van der Waals surface area contributed by atoms with Crippen LogP contribution in [0, 0.1) is 6.92 Å². The van der Waals surface area contributed by atoms with Gasteiger partial charge < -0.3 is 10.5 Å². The predicted octanol–water partition coefficient (Wildman–Crippen LogP) is 2.46. The van der Waals surface area contributed by atoms with E-state index in [0.29, 0.717) is 0 Å². The van der Waals surface area contributed by atoms with Gasteiger partial charge in [-0.3, -0.25) is 0 Å². The topological polar surface area (TPSA) is 35.2 Å². The lowest BCUT2D eigenvalue weighted by Crippen LogP contribution is -2.19. The fourth-order valence-corrected chi connectivity index (χ4v) is 1.13. The molecule has 2 nitrogen and oxygen atoms in total. The van der Waals surface area contributed by atoms with Gasteiger partial charge in [-0.15, -0.1) is 0 Å². The number of hydrogen-bond donors (Lipinski definition) is 1. The molecule has 2 N–H and O–H groups in total. The maximum Gasteiger partial charge on any atom is 0.0872 e. The van der Waals surface area contributed by atoms with Crippen molar-refractivity contribution in [3.8, 4) is 0 Å². The van der Waals surface area contributed by atoms with Gasteiger partial charge in [0.2, 0.25) is 0 Å². The molecule has 13 heavy (non-hydrogen) atoms. The van der Waals surface area contributed by atoms with E-state index in [9.17, 15) is 0 Å². The van der Waals surface area contributed by atoms with Crippen molar-refractivity contribution in [3.63, 3.8) is 0 Å². The van der Waals surface area contributed by atoms with Crippen LogP contribution < -0.4 is 5.73 Å². The van der Waals surface area contributed by atoms with Gasteiger partial charge in [0.1, 0.15) is 0 Å². The second kappa shape index (κ2) is 3.38. The van der Waals surface area contributed by atoms with Gasteiger partial charge in [-0.2, -0.15) is 0 Å². The first-order valence-corrected chi connectivity index (χ1v) is 4.39. The van der Waals surface area contributed by atoms with E-state index in [1.54, 1.807) is 7.11 Å². The average molecular weight is 179 g/mol. The number of nitrogen functional groups attached to an aromatic ring is 1. The zero-order chi connectivity index (χ0) is 10.1. The molecule has 0 aromatic heterocycles. The first kappa shape index (κ1) is 10.1. The molecule has 2 heteroatoms. The van der Waals surface area contributed by atoms with Crippen LogP contribution in [0.4, 0.5) is 5.69 Å². The summed E-state index contributed by atoms with van der Waals surface area (Å²) in [6.45, 7) is 6.05. The Kier molecular flexibility index (Phi) is 2.62. The lowest BCUT2D eigenvalue weighted by atomic mass is 9.96. The quantitative estimate of drug-likeness (QED) is 0.708. The van der Waals surface area contributed by atoms with Gasteiger partial charge in [-0.1, -0.05) is 12.1 Å². The van der Waals surface area contributed by atoms with Crippen LogP contribution in [0.15, 0.2) is 18.2 Å². The monoisotopic (exact) mass is 179 g/mol. The molecule has 0 radical (unpaired) electrons. The maximum atomic E-state index is 5.82. The summed E-state index contributed by atoms with van der Waals surface area (Å²) >= 11 is 0. The highest BCUT2D eigenvalue weighted by Crippen LogP contribution is 2.26. The Hall–Kier alpha value is -1.02. The van der Waals surface area contributed by atoms with E-state index in [0.717, 1.165) is 16.8 Å². The van der Waals surface area contributed by atoms with Crippen molar-refractivity contribution in [1.29, 1.82) is 0 Å². The maximum absolute atomic E-state index is 5.82. The van der Waals surface area contributed by atoms with Gasteiger partial charge in [0, 0.05) is 12.8 Å². The third-order valence-corrected chi connectivity index (χ3v) is 2.48. The number of nitrogens with two attached hydrogens (primary N) is 1. The number of anilines is 1. The summed E-state index contributed by atoms with van der Waals surface area (Å²) < 4.78 is 5.36. The molecule has 0 aliphatic carbocycles. The zero-order valence-corrected chi connectivity index (χ0v) is 8.72. The molecule has 0 unspecified atom stereocenters. The van der Waals surface area contributed by atoms with Crippen LogP contribution >= 0.6 is 0 Å². The third-order valence-electron chi connectivity index (χ3n) is 2.48. The van der Waals surface area contributed by atoms with Gasteiger partial charge in [0.05, 0.1) is 5.60 Å². The van der Waals surface area contributed by atoms with Crippen molar-refractivity contribution in [1.82, 2.24) is 0 Å². The molecule has 0 saturated heterocycles. The summed E-state index contributed by atoms with van der Waals surface area (Å²) in [5, 5.41) is 0. The van der Waals surface area contributed by atoms with Crippen LogP contribution in [-0.4, -0.2) is 7.11 Å². The molecule has 1 rings (SSSR count). The highest BCUT2D eigenvalue weighted by atomic mass is 16.5. The Morgan fingerprint density at radius 3 is 2.38 bits per heavy atom. The lowest BCUT2D eigenvalue weighted by molar-refractivity contribution is 0.0192. The zero-order valence-electron chi connectivity index (χ0n) is 8.72. The van der Waals surface area contributed by atoms with Crippen molar-refractivity contribution in [2.45, 2.75) is 26.4 Å². The van der Waals surface area contributed by atoms with E-state index in [1.165, 1.54) is 0 Å². The van der Waals surface area contributed by atoms with E-state index >= 15 is 0 Å². The standard InChI is InChI=1S/C11H17NO/c1-8-5-6-9(7-10(8)12)11(2,3)13-4/h5-7H,12H2,1-4H3. The van der Waals surface area contributed by atoms with Crippen LogP contribution in [0.3, 0.4) is 0 Å². The lowest BCUT2D eigenvalue weighted by Gasteiger charge is -2.24. The molecule has 0 fully saturated rings. The van der Waals surface area contributed by atoms with Crippen LogP contribution in [0.2, 0.25) is 0 Å². The summed E-state index contributed by atoms with van der Waals surface area (Å²) in [6.07, 6.45) is 0. The third kappa shape index (κ3) is 2.01. The molecule has 0 spiro atoms. The number of aryl methyl sites for hydroxylation is 1. The van der Waals surface area contributed by atoms with Crippen molar-refractivity contribution >= 4 is 5.69 Å². The summed E-state index contributed by atoms with van der Waals surface area (Å²) in [6, 6.07) is 6.04. The average Bonchev–Trinajstić information content (AvgIpc) is 2.09. The summed E-state index contributed by atoms with van der Waals surface area (Å²) in [4.78, 5) is 0. The molecular formula is C11H17NO. The molecule has 0 aliphatic heterocycles. The SMILES string of the molecule is COC(C)(C)c1ccc(C)c(N)c1. The summed E-state index contributed by atoms with van der Waals surface area (Å²) in [5.74, 6) is 0. The van der Waals surface area contributed by atoms with Crippen LogP contribution in [0.25, 0.3) is 0 Å². The molecule has 0 aliphatic rings. The van der Waals surface area contributed by atoms with Gasteiger partial charge in [0.25, 0.3) is 0 Å². The van der Waals surface area contributed by atoms with E-state index in [2.05, 4.69) is 6.07 Å². The minimum absolute atomic E-state index is 0.262. The van der Waals surface area contributed by atoms with Crippen LogP contribution in [0.5, 0.6) is 0 Å². The molecule has 0 heterocycles. The van der Waals surface area contributed by atoms with Crippen molar-refractivity contribution < 1.29 is 4.74 Å². The fraction of sp³-hybridized carbons (Fsp3) is 0.455. The van der Waals surface area contributed by atoms with Gasteiger partial charge in [-0.05, 0) is 38.0 Å². The largest absolute Gasteiger partial charge is 0.399 e. The molecule has 0 saturated carbocycles. The van der Waals surface area contributed by atoms with Gasteiger partial charge in [0.15, 0.2) is 0 Å². The second-order valence-corrected chi connectivity index (χ2v) is 3.79. The molecule has 72 valence electrons. The Labute approximate surface area is 79.7 Å². The van der Waals surface area contributed by atoms with Crippen LogP contribution in [-0.2, 0) is 10.3 Å². The summed E-state index contributed by atoms with van der Waals surface area (Å²) in [5.41, 5.74) is 8.59. The Balaban J connectivity index is 3.10. The minimum atomic E-state index is -0.262. The Morgan fingerprint density at radius 2 is 1.92 bits per heavy atom. The van der Waals surface area contributed by atoms with Crippen LogP contribution in [0.1, 0.15) is 25.0 Å². The first-order chi connectivity index (χ1) is 5.97. The van der Waals surface area contributed by atoms with E-state index in [1.807, 2.05) is 32.9 Å². The molecule has 0 bridgehead atoms. The van der Waals surface area contributed by atoms with E-state index < -0.39 is 0 Å². The summed E-state index contributed by atoms with van der Waals surface area (Å²) in [7, 11) is 1.70. The van der Waals surface area contributed by atoms with Gasteiger partial charge >= 0.3 is 0 Å².